The highest BCUT2D eigenvalue weighted by Gasteiger charge is 2.40. The van der Waals surface area contributed by atoms with Gasteiger partial charge < -0.3 is 15.7 Å². The number of aliphatic carboxylic acids is 1. The van der Waals surface area contributed by atoms with Crippen molar-refractivity contribution >= 4 is 17.8 Å². The lowest BCUT2D eigenvalue weighted by atomic mass is 9.88. The van der Waals surface area contributed by atoms with Crippen LogP contribution in [0.3, 0.4) is 0 Å². The summed E-state index contributed by atoms with van der Waals surface area (Å²) in [4.78, 5) is 35.5. The first kappa shape index (κ1) is 19.8. The Morgan fingerprint density at radius 2 is 1.73 bits per heavy atom. The van der Waals surface area contributed by atoms with Crippen LogP contribution in [-0.4, -0.2) is 47.6 Å². The van der Waals surface area contributed by atoms with Crippen molar-refractivity contribution < 1.29 is 23.9 Å². The molecule has 0 aromatic heterocycles. The number of hydrogen-bond donors (Lipinski definition) is 5. The van der Waals surface area contributed by atoms with Crippen molar-refractivity contribution in [3.05, 3.63) is 35.6 Å². The Hall–Kier alpha value is -2.52. The number of carboxylic acid groups (broad SMARTS) is 1. The van der Waals surface area contributed by atoms with Gasteiger partial charge in [-0.2, -0.15) is 0 Å². The zero-order valence-corrected chi connectivity index (χ0v) is 14.6. The van der Waals surface area contributed by atoms with E-state index in [1.165, 1.54) is 24.3 Å². The van der Waals surface area contributed by atoms with E-state index in [0.29, 0.717) is 0 Å². The maximum Gasteiger partial charge on any atom is 0.326 e. The van der Waals surface area contributed by atoms with E-state index in [9.17, 15) is 23.9 Å². The van der Waals surface area contributed by atoms with Crippen LogP contribution in [0.25, 0.3) is 0 Å². The van der Waals surface area contributed by atoms with Crippen molar-refractivity contribution in [3.8, 4) is 0 Å². The molecule has 0 bridgehead atoms. The second-order valence-corrected chi connectivity index (χ2v) is 6.34. The number of carbonyl (C=O) groups is 3. The first-order valence-electron chi connectivity index (χ1n) is 8.36. The average Bonchev–Trinajstić information content (AvgIpc) is 2.91. The minimum atomic E-state index is -1.11. The van der Waals surface area contributed by atoms with Crippen LogP contribution in [0.5, 0.6) is 0 Å². The molecule has 142 valence electrons. The fourth-order valence-corrected chi connectivity index (χ4v) is 3.03. The van der Waals surface area contributed by atoms with Crippen LogP contribution in [-0.2, 0) is 9.59 Å². The van der Waals surface area contributed by atoms with Gasteiger partial charge in [-0.1, -0.05) is 0 Å². The molecule has 1 aromatic carbocycles. The van der Waals surface area contributed by atoms with Gasteiger partial charge in [0, 0.05) is 36.5 Å². The SMILES string of the molecule is CC1NNC(C)C1C(NC(=O)CCNC(=O)c1ccc(F)cc1)C(=O)O. The Morgan fingerprint density at radius 1 is 1.15 bits per heavy atom. The molecule has 1 aliphatic heterocycles. The molecule has 0 spiro atoms. The van der Waals surface area contributed by atoms with E-state index in [2.05, 4.69) is 21.5 Å². The summed E-state index contributed by atoms with van der Waals surface area (Å²) in [7, 11) is 0. The third-order valence-electron chi connectivity index (χ3n) is 4.40. The summed E-state index contributed by atoms with van der Waals surface area (Å²) in [6, 6.07) is 3.75. The molecule has 0 saturated carbocycles. The van der Waals surface area contributed by atoms with Gasteiger partial charge in [0.2, 0.25) is 5.91 Å². The van der Waals surface area contributed by atoms with Crippen LogP contribution in [0.15, 0.2) is 24.3 Å². The van der Waals surface area contributed by atoms with Gasteiger partial charge >= 0.3 is 5.97 Å². The van der Waals surface area contributed by atoms with Crippen LogP contribution in [0.1, 0.15) is 30.6 Å². The molecule has 2 amide bonds. The third kappa shape index (κ3) is 4.99. The number of rotatable bonds is 7. The van der Waals surface area contributed by atoms with Gasteiger partial charge in [-0.05, 0) is 38.1 Å². The lowest BCUT2D eigenvalue weighted by molar-refractivity contribution is -0.143. The molecule has 1 fully saturated rings. The van der Waals surface area contributed by atoms with E-state index in [0.717, 1.165) is 0 Å². The summed E-state index contributed by atoms with van der Waals surface area (Å²) >= 11 is 0. The molecule has 1 aliphatic rings. The lowest BCUT2D eigenvalue weighted by Gasteiger charge is -2.26. The van der Waals surface area contributed by atoms with E-state index in [-0.39, 0.29) is 36.5 Å². The second kappa shape index (κ2) is 8.72. The molecule has 1 saturated heterocycles. The molecule has 5 N–H and O–H groups in total. The van der Waals surface area contributed by atoms with Gasteiger partial charge in [0.25, 0.3) is 5.91 Å². The van der Waals surface area contributed by atoms with Crippen LogP contribution in [0.2, 0.25) is 0 Å². The number of carbonyl (C=O) groups excluding carboxylic acids is 2. The summed E-state index contributed by atoms with van der Waals surface area (Å²) in [6.07, 6.45) is -0.0624. The average molecular weight is 366 g/mol. The summed E-state index contributed by atoms with van der Waals surface area (Å²) in [5, 5.41) is 14.5. The van der Waals surface area contributed by atoms with Crippen LogP contribution < -0.4 is 21.5 Å². The molecule has 0 radical (unpaired) electrons. The Labute approximate surface area is 150 Å². The normalized spacial score (nSPS) is 23.3. The van der Waals surface area contributed by atoms with Gasteiger partial charge in [0.1, 0.15) is 11.9 Å². The number of benzene rings is 1. The van der Waals surface area contributed by atoms with E-state index >= 15 is 0 Å². The van der Waals surface area contributed by atoms with Gasteiger partial charge in [-0.3, -0.25) is 20.4 Å². The molecule has 9 heteroatoms. The number of nitrogens with one attached hydrogen (secondary N) is 4. The van der Waals surface area contributed by atoms with Crippen molar-refractivity contribution in [2.75, 3.05) is 6.54 Å². The zero-order valence-electron chi connectivity index (χ0n) is 14.6. The highest BCUT2D eigenvalue weighted by molar-refractivity contribution is 5.94. The number of carboxylic acids is 1. The van der Waals surface area contributed by atoms with E-state index < -0.39 is 29.6 Å². The van der Waals surface area contributed by atoms with E-state index in [4.69, 9.17) is 0 Å². The Kier molecular flexibility index (Phi) is 6.64. The van der Waals surface area contributed by atoms with Gasteiger partial charge in [-0.25, -0.2) is 9.18 Å². The first-order valence-corrected chi connectivity index (χ1v) is 8.36. The summed E-state index contributed by atoms with van der Waals surface area (Å²) < 4.78 is 12.8. The standard InChI is InChI=1S/C17H23FN4O4/c1-9-14(10(2)22-21-9)15(17(25)26)20-13(23)7-8-19-16(24)11-3-5-12(18)6-4-11/h3-6,9-10,14-15,21-22H,7-8H2,1-2H3,(H,19,24)(H,20,23)(H,25,26). The molecule has 1 heterocycles. The Morgan fingerprint density at radius 3 is 2.27 bits per heavy atom. The number of halogens is 1. The van der Waals surface area contributed by atoms with Crippen LogP contribution >= 0.6 is 0 Å². The predicted octanol–water partition coefficient (Wildman–Crippen LogP) is 0.0160. The van der Waals surface area contributed by atoms with Crippen molar-refractivity contribution in [2.45, 2.75) is 38.4 Å². The monoisotopic (exact) mass is 366 g/mol. The smallest absolute Gasteiger partial charge is 0.326 e. The van der Waals surface area contributed by atoms with Gasteiger partial charge in [0.15, 0.2) is 0 Å². The minimum absolute atomic E-state index is 0.0423. The number of hydrogen-bond acceptors (Lipinski definition) is 5. The molecular formula is C17H23FN4O4. The van der Waals surface area contributed by atoms with Gasteiger partial charge in [0.05, 0.1) is 0 Å². The summed E-state index contributed by atoms with van der Waals surface area (Å²) in [6.45, 7) is 3.72. The van der Waals surface area contributed by atoms with Crippen molar-refractivity contribution in [1.29, 1.82) is 0 Å². The minimum Gasteiger partial charge on any atom is -0.480 e. The van der Waals surface area contributed by atoms with Gasteiger partial charge in [-0.15, -0.1) is 0 Å². The summed E-state index contributed by atoms with van der Waals surface area (Å²) in [5.74, 6) is -2.77. The topological polar surface area (TPSA) is 120 Å². The fourth-order valence-electron chi connectivity index (χ4n) is 3.03. The second-order valence-electron chi connectivity index (χ2n) is 6.34. The van der Waals surface area contributed by atoms with Crippen LogP contribution in [0.4, 0.5) is 4.39 Å². The van der Waals surface area contributed by atoms with E-state index in [1.807, 2.05) is 13.8 Å². The predicted molar refractivity (Wildman–Crippen MR) is 91.6 cm³/mol. The molecule has 1 aromatic rings. The number of hydrazine groups is 1. The molecule has 2 rings (SSSR count). The molecule has 0 aliphatic carbocycles. The molecular weight excluding hydrogens is 343 g/mol. The quantitative estimate of drug-likeness (QED) is 0.464. The highest BCUT2D eigenvalue weighted by atomic mass is 19.1. The Bertz CT molecular complexity index is 657. The van der Waals surface area contributed by atoms with Crippen LogP contribution in [0, 0.1) is 11.7 Å². The summed E-state index contributed by atoms with van der Waals surface area (Å²) in [5.41, 5.74) is 6.20. The first-order chi connectivity index (χ1) is 12.3. The largest absolute Gasteiger partial charge is 0.480 e. The van der Waals surface area contributed by atoms with Crippen molar-refractivity contribution in [1.82, 2.24) is 21.5 Å². The Balaban J connectivity index is 1.84. The molecule has 8 nitrogen and oxygen atoms in total. The highest BCUT2D eigenvalue weighted by Crippen LogP contribution is 2.19. The molecule has 3 unspecified atom stereocenters. The van der Waals surface area contributed by atoms with E-state index in [1.54, 1.807) is 0 Å². The zero-order chi connectivity index (χ0) is 19.3. The maximum atomic E-state index is 12.8. The fraction of sp³-hybridized carbons (Fsp3) is 0.471. The third-order valence-corrected chi connectivity index (χ3v) is 4.40. The van der Waals surface area contributed by atoms with Crippen molar-refractivity contribution in [3.63, 3.8) is 0 Å². The van der Waals surface area contributed by atoms with Crippen molar-refractivity contribution in [2.24, 2.45) is 5.92 Å². The number of amides is 2. The lowest BCUT2D eigenvalue weighted by Crippen LogP contribution is -2.51. The molecule has 26 heavy (non-hydrogen) atoms. The molecule has 3 atom stereocenters. The maximum absolute atomic E-state index is 12.8.